The van der Waals surface area contributed by atoms with Crippen LogP contribution in [0, 0.1) is 6.92 Å². The molecule has 1 amide bonds. The van der Waals surface area contributed by atoms with Crippen LogP contribution in [0.15, 0.2) is 42.5 Å². The Labute approximate surface area is 118 Å². The maximum atomic E-state index is 12.2. The van der Waals surface area contributed by atoms with Crippen LogP contribution in [0.25, 0.3) is 0 Å². The van der Waals surface area contributed by atoms with Crippen LogP contribution in [0.1, 0.15) is 29.7 Å². The van der Waals surface area contributed by atoms with Gasteiger partial charge in [-0.05, 0) is 24.1 Å². The molecule has 0 radical (unpaired) electrons. The van der Waals surface area contributed by atoms with Gasteiger partial charge in [0.2, 0.25) is 5.91 Å². The van der Waals surface area contributed by atoms with E-state index < -0.39 is 0 Å². The maximum absolute atomic E-state index is 12.2. The van der Waals surface area contributed by atoms with E-state index in [0.717, 1.165) is 23.4 Å². The fourth-order valence-corrected chi connectivity index (χ4v) is 3.52. The summed E-state index contributed by atoms with van der Waals surface area (Å²) in [6, 6.07) is 14.9. The highest BCUT2D eigenvalue weighted by atomic mass is 16.2. The van der Waals surface area contributed by atoms with Gasteiger partial charge < -0.3 is 0 Å². The Hall–Kier alpha value is -2.29. The molecule has 2 aliphatic rings. The molecule has 0 fully saturated rings. The first kappa shape index (κ1) is 11.5. The number of hydrogen-bond donors (Lipinski definition) is 0. The molecule has 2 aliphatic heterocycles. The first-order valence-electron chi connectivity index (χ1n) is 6.95. The van der Waals surface area contributed by atoms with Crippen molar-refractivity contribution in [1.29, 1.82) is 0 Å². The van der Waals surface area contributed by atoms with Gasteiger partial charge >= 0.3 is 0 Å². The van der Waals surface area contributed by atoms with Gasteiger partial charge in [0, 0.05) is 18.9 Å². The van der Waals surface area contributed by atoms with E-state index in [1.54, 1.807) is 6.92 Å². The quantitative estimate of drug-likeness (QED) is 0.728. The van der Waals surface area contributed by atoms with Gasteiger partial charge in [-0.2, -0.15) is 0 Å². The number of anilines is 2. The molecule has 1 unspecified atom stereocenters. The van der Waals surface area contributed by atoms with Crippen LogP contribution in [0.4, 0.5) is 11.4 Å². The predicted octanol–water partition coefficient (Wildman–Crippen LogP) is 3.38. The average molecular weight is 264 g/mol. The molecular formula is C17H16N2O. The summed E-state index contributed by atoms with van der Waals surface area (Å²) in [7, 11) is 0. The molecule has 0 saturated heterocycles. The highest BCUT2D eigenvalue weighted by Gasteiger charge is 2.44. The standard InChI is InChI=1S/C17H16N2O/c1-11-6-5-8-14-16-10-13-7-3-4-9-15(13)19(16)18(12(2)20)17(11)14/h3-9,16H,10H2,1-2H3. The van der Waals surface area contributed by atoms with E-state index in [4.69, 9.17) is 0 Å². The summed E-state index contributed by atoms with van der Waals surface area (Å²) in [5, 5.41) is 4.01. The molecule has 3 nitrogen and oxygen atoms in total. The first-order valence-corrected chi connectivity index (χ1v) is 6.95. The van der Waals surface area contributed by atoms with Gasteiger partial charge in [-0.25, -0.2) is 5.01 Å². The van der Waals surface area contributed by atoms with Crippen molar-refractivity contribution in [3.8, 4) is 0 Å². The number of hydrazine groups is 1. The maximum Gasteiger partial charge on any atom is 0.242 e. The largest absolute Gasteiger partial charge is 0.273 e. The third kappa shape index (κ3) is 1.32. The number of amides is 1. The van der Waals surface area contributed by atoms with E-state index in [-0.39, 0.29) is 11.9 Å². The van der Waals surface area contributed by atoms with Gasteiger partial charge in [-0.15, -0.1) is 0 Å². The molecule has 0 spiro atoms. The van der Waals surface area contributed by atoms with Crippen LogP contribution in [-0.4, -0.2) is 5.91 Å². The van der Waals surface area contributed by atoms with Gasteiger partial charge in [-0.1, -0.05) is 36.4 Å². The van der Waals surface area contributed by atoms with Crippen LogP contribution in [0.5, 0.6) is 0 Å². The van der Waals surface area contributed by atoms with Crippen molar-refractivity contribution < 1.29 is 4.79 Å². The highest BCUT2D eigenvalue weighted by molar-refractivity contribution is 5.99. The first-order chi connectivity index (χ1) is 9.68. The number of para-hydroxylation sites is 2. The lowest BCUT2D eigenvalue weighted by molar-refractivity contribution is -0.116. The zero-order chi connectivity index (χ0) is 13.9. The Balaban J connectivity index is 1.96. The molecule has 0 aromatic heterocycles. The lowest BCUT2D eigenvalue weighted by atomic mass is 10.00. The summed E-state index contributed by atoms with van der Waals surface area (Å²) < 4.78 is 0. The van der Waals surface area contributed by atoms with Crippen LogP contribution in [0.3, 0.4) is 0 Å². The molecule has 2 heterocycles. The zero-order valence-electron chi connectivity index (χ0n) is 11.6. The molecular weight excluding hydrogens is 248 g/mol. The molecule has 2 aromatic rings. The summed E-state index contributed by atoms with van der Waals surface area (Å²) in [6.07, 6.45) is 0.969. The summed E-state index contributed by atoms with van der Waals surface area (Å²) in [4.78, 5) is 12.2. The van der Waals surface area contributed by atoms with E-state index in [9.17, 15) is 4.79 Å². The Bertz CT molecular complexity index is 723. The van der Waals surface area contributed by atoms with E-state index in [1.165, 1.54) is 11.1 Å². The van der Waals surface area contributed by atoms with E-state index >= 15 is 0 Å². The molecule has 3 heteroatoms. The second-order valence-electron chi connectivity index (χ2n) is 5.54. The molecule has 0 N–H and O–H groups in total. The van der Waals surface area contributed by atoms with Gasteiger partial charge in [0.1, 0.15) is 0 Å². The number of aryl methyl sites for hydroxylation is 1. The van der Waals surface area contributed by atoms with Crippen molar-refractivity contribution in [3.05, 3.63) is 59.2 Å². The molecule has 0 bridgehead atoms. The number of carbonyl (C=O) groups is 1. The predicted molar refractivity (Wildman–Crippen MR) is 79.7 cm³/mol. The molecule has 2 aromatic carbocycles. The molecule has 1 atom stereocenters. The molecule has 0 saturated carbocycles. The Kier molecular flexibility index (Phi) is 2.22. The zero-order valence-corrected chi connectivity index (χ0v) is 11.6. The monoisotopic (exact) mass is 264 g/mol. The fourth-order valence-electron chi connectivity index (χ4n) is 3.52. The van der Waals surface area contributed by atoms with E-state index in [0.29, 0.717) is 0 Å². The van der Waals surface area contributed by atoms with Crippen molar-refractivity contribution in [2.45, 2.75) is 26.3 Å². The lowest BCUT2D eigenvalue weighted by Crippen LogP contribution is -2.41. The van der Waals surface area contributed by atoms with Crippen molar-refractivity contribution in [2.24, 2.45) is 0 Å². The Morgan fingerprint density at radius 2 is 1.95 bits per heavy atom. The summed E-state index contributed by atoms with van der Waals surface area (Å²) in [5.74, 6) is 0.0692. The summed E-state index contributed by atoms with van der Waals surface area (Å²) >= 11 is 0. The smallest absolute Gasteiger partial charge is 0.242 e. The fraction of sp³-hybridized carbons (Fsp3) is 0.235. The average Bonchev–Trinajstić information content (AvgIpc) is 2.94. The van der Waals surface area contributed by atoms with Crippen molar-refractivity contribution in [1.82, 2.24) is 0 Å². The number of hydrogen-bond acceptors (Lipinski definition) is 2. The number of carbonyl (C=O) groups excluding carboxylic acids is 1. The number of benzene rings is 2. The van der Waals surface area contributed by atoms with Gasteiger partial charge in [0.25, 0.3) is 0 Å². The highest BCUT2D eigenvalue weighted by Crippen LogP contribution is 2.51. The summed E-state index contributed by atoms with van der Waals surface area (Å²) in [6.45, 7) is 3.71. The minimum absolute atomic E-state index is 0.0692. The summed E-state index contributed by atoms with van der Waals surface area (Å²) in [5.41, 5.74) is 5.96. The second kappa shape index (κ2) is 3.85. The third-order valence-electron chi connectivity index (χ3n) is 4.30. The molecule has 4 rings (SSSR count). The number of nitrogens with zero attached hydrogens (tertiary/aromatic N) is 2. The SMILES string of the molecule is CC(=O)N1c2c(C)cccc2C2Cc3ccccc3N21. The number of rotatable bonds is 0. The Morgan fingerprint density at radius 3 is 2.75 bits per heavy atom. The Morgan fingerprint density at radius 1 is 1.15 bits per heavy atom. The van der Waals surface area contributed by atoms with E-state index in [2.05, 4.69) is 48.3 Å². The molecule has 0 aliphatic carbocycles. The van der Waals surface area contributed by atoms with E-state index in [1.807, 2.05) is 11.1 Å². The van der Waals surface area contributed by atoms with Crippen molar-refractivity contribution in [2.75, 3.05) is 10.0 Å². The normalized spacial score (nSPS) is 18.8. The third-order valence-corrected chi connectivity index (χ3v) is 4.30. The minimum Gasteiger partial charge on any atom is -0.273 e. The van der Waals surface area contributed by atoms with Crippen LogP contribution >= 0.6 is 0 Å². The minimum atomic E-state index is 0.0692. The van der Waals surface area contributed by atoms with Gasteiger partial charge in [0.15, 0.2) is 0 Å². The van der Waals surface area contributed by atoms with Crippen LogP contribution in [0.2, 0.25) is 0 Å². The van der Waals surface area contributed by atoms with Gasteiger partial charge in [-0.3, -0.25) is 9.80 Å². The van der Waals surface area contributed by atoms with Crippen LogP contribution < -0.4 is 10.0 Å². The molecule has 20 heavy (non-hydrogen) atoms. The van der Waals surface area contributed by atoms with Crippen molar-refractivity contribution >= 4 is 17.3 Å². The lowest BCUT2D eigenvalue weighted by Gasteiger charge is -2.30. The van der Waals surface area contributed by atoms with Crippen molar-refractivity contribution in [3.63, 3.8) is 0 Å². The topological polar surface area (TPSA) is 23.6 Å². The second-order valence-corrected chi connectivity index (χ2v) is 5.54. The number of fused-ring (bicyclic) bond motifs is 5. The molecule has 100 valence electrons. The van der Waals surface area contributed by atoms with Crippen LogP contribution in [-0.2, 0) is 11.2 Å². The van der Waals surface area contributed by atoms with Gasteiger partial charge in [0.05, 0.1) is 17.4 Å².